The Balaban J connectivity index is 2.14. The monoisotopic (exact) mass is 273 g/mol. The predicted octanol–water partition coefficient (Wildman–Crippen LogP) is 4.42. The zero-order valence-electron chi connectivity index (χ0n) is 10.1. The van der Waals surface area contributed by atoms with Crippen LogP contribution in [0, 0.1) is 11.2 Å². The van der Waals surface area contributed by atoms with Crippen LogP contribution in [0.5, 0.6) is 0 Å². The molecule has 1 aliphatic heterocycles. The maximum atomic E-state index is 13.0. The average molecular weight is 274 g/mol. The Morgan fingerprint density at radius 2 is 2.24 bits per heavy atom. The summed E-state index contributed by atoms with van der Waals surface area (Å²) in [4.78, 5) is 0. The molecule has 94 valence electrons. The van der Waals surface area contributed by atoms with E-state index in [1.54, 1.807) is 6.07 Å². The quantitative estimate of drug-likeness (QED) is 0.856. The third-order valence-electron chi connectivity index (χ3n) is 3.38. The molecule has 1 aliphatic rings. The van der Waals surface area contributed by atoms with Crippen molar-refractivity contribution in [3.05, 3.63) is 29.0 Å². The molecule has 0 aliphatic carbocycles. The van der Waals surface area contributed by atoms with Gasteiger partial charge in [0.2, 0.25) is 0 Å². The fraction of sp³-hybridized carbons (Fsp3) is 0.538. The van der Waals surface area contributed by atoms with Crippen LogP contribution in [0.25, 0.3) is 0 Å². The number of thioether (sulfide) groups is 1. The van der Waals surface area contributed by atoms with Crippen molar-refractivity contribution in [2.45, 2.75) is 26.3 Å². The second-order valence-electron chi connectivity index (χ2n) is 5.13. The van der Waals surface area contributed by atoms with E-state index in [-0.39, 0.29) is 11.2 Å². The van der Waals surface area contributed by atoms with E-state index >= 15 is 0 Å². The molecule has 1 heterocycles. The molecule has 1 unspecified atom stereocenters. The number of hydrogen-bond acceptors (Lipinski definition) is 2. The van der Waals surface area contributed by atoms with Crippen LogP contribution < -0.4 is 5.32 Å². The first-order chi connectivity index (χ1) is 7.99. The Bertz CT molecular complexity index is 408. The van der Waals surface area contributed by atoms with Gasteiger partial charge in [-0.1, -0.05) is 25.4 Å². The zero-order valence-corrected chi connectivity index (χ0v) is 11.7. The molecule has 4 heteroatoms. The molecule has 17 heavy (non-hydrogen) atoms. The molecule has 0 saturated carbocycles. The molecule has 0 amide bonds. The SMILES string of the molecule is CC1(C)CCSCC1Nc1ccc(F)cc1Cl. The number of halogens is 2. The summed E-state index contributed by atoms with van der Waals surface area (Å²) in [6.07, 6.45) is 1.19. The average Bonchev–Trinajstić information content (AvgIpc) is 2.24. The van der Waals surface area contributed by atoms with E-state index in [4.69, 9.17) is 11.6 Å². The molecular weight excluding hydrogens is 257 g/mol. The molecule has 0 bridgehead atoms. The van der Waals surface area contributed by atoms with Gasteiger partial charge in [-0.05, 0) is 35.8 Å². The zero-order chi connectivity index (χ0) is 12.5. The molecule has 0 radical (unpaired) electrons. The molecule has 1 aromatic carbocycles. The maximum Gasteiger partial charge on any atom is 0.124 e. The fourth-order valence-electron chi connectivity index (χ4n) is 1.97. The van der Waals surface area contributed by atoms with Crippen LogP contribution in [0.1, 0.15) is 20.3 Å². The molecule has 1 atom stereocenters. The molecule has 2 rings (SSSR count). The van der Waals surface area contributed by atoms with E-state index in [2.05, 4.69) is 19.2 Å². The highest BCUT2D eigenvalue weighted by molar-refractivity contribution is 7.99. The second-order valence-corrected chi connectivity index (χ2v) is 6.69. The van der Waals surface area contributed by atoms with Gasteiger partial charge in [0, 0.05) is 11.8 Å². The van der Waals surface area contributed by atoms with E-state index < -0.39 is 0 Å². The van der Waals surface area contributed by atoms with Crippen molar-refractivity contribution in [2.75, 3.05) is 16.8 Å². The van der Waals surface area contributed by atoms with Gasteiger partial charge in [-0.15, -0.1) is 0 Å². The van der Waals surface area contributed by atoms with Crippen molar-refractivity contribution in [3.63, 3.8) is 0 Å². The van der Waals surface area contributed by atoms with Gasteiger partial charge in [-0.3, -0.25) is 0 Å². The van der Waals surface area contributed by atoms with Gasteiger partial charge < -0.3 is 5.32 Å². The lowest BCUT2D eigenvalue weighted by Crippen LogP contribution is -2.41. The minimum Gasteiger partial charge on any atom is -0.380 e. The van der Waals surface area contributed by atoms with Crippen LogP contribution in [0.15, 0.2) is 18.2 Å². The predicted molar refractivity (Wildman–Crippen MR) is 74.5 cm³/mol. The Morgan fingerprint density at radius 1 is 1.47 bits per heavy atom. The van der Waals surface area contributed by atoms with Gasteiger partial charge in [-0.25, -0.2) is 4.39 Å². The van der Waals surface area contributed by atoms with Gasteiger partial charge in [-0.2, -0.15) is 11.8 Å². The summed E-state index contributed by atoms with van der Waals surface area (Å²) >= 11 is 7.99. The number of anilines is 1. The summed E-state index contributed by atoms with van der Waals surface area (Å²) in [6.45, 7) is 4.53. The Kier molecular flexibility index (Phi) is 3.88. The summed E-state index contributed by atoms with van der Waals surface area (Å²) in [5, 5.41) is 3.90. The van der Waals surface area contributed by atoms with Crippen LogP contribution in [0.4, 0.5) is 10.1 Å². The van der Waals surface area contributed by atoms with Gasteiger partial charge in [0.1, 0.15) is 5.82 Å². The van der Waals surface area contributed by atoms with E-state index in [9.17, 15) is 4.39 Å². The highest BCUT2D eigenvalue weighted by atomic mass is 35.5. The normalized spacial score (nSPS) is 23.4. The van der Waals surface area contributed by atoms with Crippen molar-refractivity contribution in [1.29, 1.82) is 0 Å². The number of benzene rings is 1. The van der Waals surface area contributed by atoms with E-state index in [0.717, 1.165) is 11.4 Å². The summed E-state index contributed by atoms with van der Waals surface area (Å²) < 4.78 is 13.0. The maximum absolute atomic E-state index is 13.0. The van der Waals surface area contributed by atoms with Gasteiger partial charge in [0.05, 0.1) is 10.7 Å². The van der Waals surface area contributed by atoms with Gasteiger partial charge in [0.15, 0.2) is 0 Å². The van der Waals surface area contributed by atoms with Gasteiger partial charge in [0.25, 0.3) is 0 Å². The molecule has 1 nitrogen and oxygen atoms in total. The van der Waals surface area contributed by atoms with E-state index in [1.807, 2.05) is 11.8 Å². The first kappa shape index (κ1) is 13.0. The lowest BCUT2D eigenvalue weighted by atomic mass is 9.82. The summed E-state index contributed by atoms with van der Waals surface area (Å²) in [7, 11) is 0. The van der Waals surface area contributed by atoms with Crippen molar-refractivity contribution >= 4 is 29.1 Å². The molecule has 1 N–H and O–H groups in total. The summed E-state index contributed by atoms with van der Waals surface area (Å²) in [5.74, 6) is 1.99. The van der Waals surface area contributed by atoms with Crippen molar-refractivity contribution in [1.82, 2.24) is 0 Å². The van der Waals surface area contributed by atoms with Gasteiger partial charge >= 0.3 is 0 Å². The van der Waals surface area contributed by atoms with Crippen molar-refractivity contribution < 1.29 is 4.39 Å². The Morgan fingerprint density at radius 3 is 2.88 bits per heavy atom. The fourth-order valence-corrected chi connectivity index (χ4v) is 3.80. The summed E-state index contributed by atoms with van der Waals surface area (Å²) in [5.41, 5.74) is 1.08. The molecule has 1 fully saturated rings. The van der Waals surface area contributed by atoms with E-state index in [1.165, 1.54) is 24.3 Å². The standard InChI is InChI=1S/C13H17ClFNS/c1-13(2)5-6-17-8-12(13)16-11-4-3-9(15)7-10(11)14/h3-4,7,12,16H,5-6,8H2,1-2H3. The Hall–Kier alpha value is -0.410. The molecule has 1 saturated heterocycles. The lowest BCUT2D eigenvalue weighted by molar-refractivity contribution is 0.305. The molecular formula is C13H17ClFNS. The first-order valence-corrected chi connectivity index (χ1v) is 7.32. The third-order valence-corrected chi connectivity index (χ3v) is 4.75. The van der Waals surface area contributed by atoms with E-state index in [0.29, 0.717) is 11.1 Å². The smallest absolute Gasteiger partial charge is 0.124 e. The minimum atomic E-state index is -0.294. The highest BCUT2D eigenvalue weighted by Crippen LogP contribution is 2.37. The highest BCUT2D eigenvalue weighted by Gasteiger charge is 2.32. The van der Waals surface area contributed by atoms with Crippen LogP contribution in [0.3, 0.4) is 0 Å². The van der Waals surface area contributed by atoms with Crippen molar-refractivity contribution in [3.8, 4) is 0 Å². The van der Waals surface area contributed by atoms with Crippen LogP contribution >= 0.6 is 23.4 Å². The summed E-state index contributed by atoms with van der Waals surface area (Å²) in [6, 6.07) is 4.89. The molecule has 1 aromatic rings. The topological polar surface area (TPSA) is 12.0 Å². The second kappa shape index (κ2) is 5.07. The Labute approximate surface area is 111 Å². The number of nitrogens with one attached hydrogen (secondary N) is 1. The lowest BCUT2D eigenvalue weighted by Gasteiger charge is -2.39. The van der Waals surface area contributed by atoms with Crippen LogP contribution in [-0.2, 0) is 0 Å². The first-order valence-electron chi connectivity index (χ1n) is 5.78. The number of rotatable bonds is 2. The van der Waals surface area contributed by atoms with Crippen LogP contribution in [-0.4, -0.2) is 17.5 Å². The van der Waals surface area contributed by atoms with Crippen molar-refractivity contribution in [2.24, 2.45) is 5.41 Å². The third kappa shape index (κ3) is 3.08. The molecule has 0 spiro atoms. The van der Waals surface area contributed by atoms with Crippen LogP contribution in [0.2, 0.25) is 5.02 Å². The minimum absolute atomic E-state index is 0.253. The number of hydrogen-bond donors (Lipinski definition) is 1. The largest absolute Gasteiger partial charge is 0.380 e. The molecule has 0 aromatic heterocycles.